The third kappa shape index (κ3) is 2.84. The maximum Gasteiger partial charge on any atom is 0.260 e. The molecular formula is C19H12Cl2N2O2. The fourth-order valence-corrected chi connectivity index (χ4v) is 3.20. The second-order valence-electron chi connectivity index (χ2n) is 5.73. The molecule has 124 valence electrons. The van der Waals surface area contributed by atoms with E-state index in [2.05, 4.69) is 10.1 Å². The molecule has 0 spiro atoms. The normalized spacial score (nSPS) is 11.2. The van der Waals surface area contributed by atoms with Gasteiger partial charge in [-0.05, 0) is 42.8 Å². The topological polar surface area (TPSA) is 58.9 Å². The van der Waals surface area contributed by atoms with Crippen molar-refractivity contribution in [2.75, 3.05) is 0 Å². The van der Waals surface area contributed by atoms with E-state index in [1.54, 1.807) is 37.3 Å². The molecule has 0 aliphatic heterocycles. The molecule has 4 nitrogen and oxygen atoms in total. The van der Waals surface area contributed by atoms with E-state index in [9.17, 15) is 4.79 Å². The number of halogens is 2. The van der Waals surface area contributed by atoms with Gasteiger partial charge in [0.1, 0.15) is 0 Å². The van der Waals surface area contributed by atoms with Gasteiger partial charge in [-0.3, -0.25) is 4.79 Å². The van der Waals surface area contributed by atoms with Crippen LogP contribution >= 0.6 is 23.2 Å². The van der Waals surface area contributed by atoms with Crippen LogP contribution in [0, 0.1) is 6.92 Å². The third-order valence-electron chi connectivity index (χ3n) is 3.98. The van der Waals surface area contributed by atoms with E-state index >= 15 is 0 Å². The van der Waals surface area contributed by atoms with Gasteiger partial charge in [-0.25, -0.2) is 0 Å². The Kier molecular flexibility index (Phi) is 3.86. The Hall–Kier alpha value is -2.56. The third-order valence-corrected chi connectivity index (χ3v) is 4.47. The Morgan fingerprint density at radius 2 is 1.68 bits per heavy atom. The molecule has 0 fully saturated rings. The van der Waals surface area contributed by atoms with Crippen LogP contribution < -0.4 is 5.56 Å². The number of benzene rings is 2. The number of fused-ring (bicyclic) bond motifs is 1. The maximum absolute atomic E-state index is 12.8. The molecule has 0 amide bonds. The van der Waals surface area contributed by atoms with Crippen molar-refractivity contribution in [1.82, 2.24) is 10.1 Å². The van der Waals surface area contributed by atoms with Gasteiger partial charge in [0.15, 0.2) is 5.76 Å². The van der Waals surface area contributed by atoms with Gasteiger partial charge in [-0.2, -0.15) is 0 Å². The molecule has 25 heavy (non-hydrogen) atoms. The first-order valence-corrected chi connectivity index (χ1v) is 8.34. The summed E-state index contributed by atoms with van der Waals surface area (Å²) in [4.78, 5) is 15.7. The zero-order valence-electron chi connectivity index (χ0n) is 13.1. The minimum Gasteiger partial charge on any atom is -0.356 e. The van der Waals surface area contributed by atoms with Crippen LogP contribution in [0.4, 0.5) is 0 Å². The summed E-state index contributed by atoms with van der Waals surface area (Å²) in [5.41, 5.74) is 3.12. The van der Waals surface area contributed by atoms with Crippen molar-refractivity contribution >= 4 is 34.1 Å². The number of nitrogens with zero attached hydrogens (tertiary/aromatic N) is 1. The number of hydrogen-bond acceptors (Lipinski definition) is 3. The Labute approximate surface area is 153 Å². The number of rotatable bonds is 2. The van der Waals surface area contributed by atoms with Crippen LogP contribution in [0.1, 0.15) is 5.69 Å². The zero-order chi connectivity index (χ0) is 17.6. The first kappa shape index (κ1) is 15.9. The summed E-state index contributed by atoms with van der Waals surface area (Å²) >= 11 is 12.2. The number of H-pyrrole nitrogens is 1. The Morgan fingerprint density at radius 1 is 0.960 bits per heavy atom. The van der Waals surface area contributed by atoms with E-state index in [0.29, 0.717) is 32.6 Å². The monoisotopic (exact) mass is 370 g/mol. The summed E-state index contributed by atoms with van der Waals surface area (Å²) in [5, 5.41) is 5.92. The highest BCUT2D eigenvalue weighted by atomic mass is 35.5. The second-order valence-corrected chi connectivity index (χ2v) is 6.61. The highest BCUT2D eigenvalue weighted by molar-refractivity contribution is 6.31. The van der Waals surface area contributed by atoms with Crippen LogP contribution in [0.15, 0.2) is 57.8 Å². The average Bonchev–Trinajstić information content (AvgIpc) is 3.01. The van der Waals surface area contributed by atoms with Crippen LogP contribution in [0.5, 0.6) is 0 Å². The van der Waals surface area contributed by atoms with Crippen molar-refractivity contribution in [2.24, 2.45) is 0 Å². The summed E-state index contributed by atoms with van der Waals surface area (Å²) in [7, 11) is 0. The first-order chi connectivity index (χ1) is 12.0. The van der Waals surface area contributed by atoms with Crippen LogP contribution in [0.3, 0.4) is 0 Å². The van der Waals surface area contributed by atoms with E-state index < -0.39 is 0 Å². The van der Waals surface area contributed by atoms with Gasteiger partial charge in [-0.15, -0.1) is 0 Å². The molecule has 0 atom stereocenters. The summed E-state index contributed by atoms with van der Waals surface area (Å²) in [5.74, 6) is 0.408. The fraction of sp³-hybridized carbons (Fsp3) is 0.0526. The predicted octanol–water partition coefficient (Wildman–Crippen LogP) is 5.47. The molecule has 0 bridgehead atoms. The molecule has 2 aromatic carbocycles. The number of aromatic amines is 1. The van der Waals surface area contributed by atoms with E-state index in [1.165, 1.54) is 0 Å². The molecular weight excluding hydrogens is 359 g/mol. The van der Waals surface area contributed by atoms with E-state index in [0.717, 1.165) is 16.5 Å². The van der Waals surface area contributed by atoms with Gasteiger partial charge < -0.3 is 9.51 Å². The van der Waals surface area contributed by atoms with Gasteiger partial charge in [0.05, 0.1) is 11.3 Å². The van der Waals surface area contributed by atoms with Crippen molar-refractivity contribution in [2.45, 2.75) is 6.92 Å². The Balaban J connectivity index is 2.16. The lowest BCUT2D eigenvalue weighted by atomic mass is 9.95. The highest BCUT2D eigenvalue weighted by Crippen LogP contribution is 2.36. The number of pyridine rings is 1. The fourth-order valence-electron chi connectivity index (χ4n) is 2.90. The van der Waals surface area contributed by atoms with Crippen LogP contribution in [0.25, 0.3) is 33.4 Å². The van der Waals surface area contributed by atoms with Crippen molar-refractivity contribution in [3.8, 4) is 22.5 Å². The lowest BCUT2D eigenvalue weighted by Crippen LogP contribution is -2.11. The smallest absolute Gasteiger partial charge is 0.260 e. The van der Waals surface area contributed by atoms with Crippen molar-refractivity contribution in [3.05, 3.63) is 74.6 Å². The lowest BCUT2D eigenvalue weighted by Gasteiger charge is -2.11. The standard InChI is InChI=1S/C19H12Cl2N2O2/c1-10-8-16(25-23-10)18-17(11-2-4-12(20)5-3-11)14-9-13(21)6-7-15(14)22-19(18)24/h2-9H,1H3,(H,22,24). The molecule has 2 heterocycles. The maximum atomic E-state index is 12.8. The molecule has 0 aliphatic carbocycles. The number of hydrogen-bond donors (Lipinski definition) is 1. The van der Waals surface area contributed by atoms with Gasteiger partial charge in [0.2, 0.25) is 0 Å². The van der Waals surface area contributed by atoms with E-state index in [1.807, 2.05) is 18.2 Å². The molecule has 0 aliphatic rings. The Bertz CT molecular complexity index is 1140. The molecule has 4 aromatic rings. The second kappa shape index (κ2) is 6.06. The van der Waals surface area contributed by atoms with Gasteiger partial charge >= 0.3 is 0 Å². The summed E-state index contributed by atoms with van der Waals surface area (Å²) in [6, 6.07) is 14.4. The minimum absolute atomic E-state index is 0.254. The average molecular weight is 371 g/mol. The quantitative estimate of drug-likeness (QED) is 0.509. The molecule has 2 aromatic heterocycles. The van der Waals surface area contributed by atoms with Gasteiger partial charge in [0.25, 0.3) is 5.56 Å². The molecule has 0 saturated heterocycles. The number of nitrogens with one attached hydrogen (secondary N) is 1. The van der Waals surface area contributed by atoms with Crippen LogP contribution in [-0.2, 0) is 0 Å². The van der Waals surface area contributed by atoms with Crippen molar-refractivity contribution in [1.29, 1.82) is 0 Å². The van der Waals surface area contributed by atoms with Crippen LogP contribution in [-0.4, -0.2) is 10.1 Å². The molecule has 0 radical (unpaired) electrons. The van der Waals surface area contributed by atoms with Gasteiger partial charge in [0, 0.05) is 32.6 Å². The van der Waals surface area contributed by atoms with Crippen molar-refractivity contribution < 1.29 is 4.52 Å². The molecule has 0 saturated carbocycles. The molecule has 0 unspecified atom stereocenters. The Morgan fingerprint density at radius 3 is 2.36 bits per heavy atom. The van der Waals surface area contributed by atoms with Gasteiger partial charge in [-0.1, -0.05) is 40.5 Å². The molecule has 1 N–H and O–H groups in total. The minimum atomic E-state index is -0.254. The van der Waals surface area contributed by atoms with E-state index in [-0.39, 0.29) is 5.56 Å². The SMILES string of the molecule is Cc1cc(-c2c(-c3ccc(Cl)cc3)c3cc(Cl)ccc3[nH]c2=O)on1. The lowest BCUT2D eigenvalue weighted by molar-refractivity contribution is 0.427. The van der Waals surface area contributed by atoms with E-state index in [4.69, 9.17) is 27.7 Å². The molecule has 6 heteroatoms. The zero-order valence-corrected chi connectivity index (χ0v) is 14.7. The largest absolute Gasteiger partial charge is 0.356 e. The summed E-state index contributed by atoms with van der Waals surface area (Å²) < 4.78 is 5.37. The predicted molar refractivity (Wildman–Crippen MR) is 100 cm³/mol. The number of aryl methyl sites for hydroxylation is 1. The van der Waals surface area contributed by atoms with Crippen molar-refractivity contribution in [3.63, 3.8) is 0 Å². The number of aromatic nitrogens is 2. The molecule has 4 rings (SSSR count). The summed E-state index contributed by atoms with van der Waals surface area (Å²) in [6.07, 6.45) is 0. The highest BCUT2D eigenvalue weighted by Gasteiger charge is 2.19. The van der Waals surface area contributed by atoms with Crippen LogP contribution in [0.2, 0.25) is 10.0 Å². The summed E-state index contributed by atoms with van der Waals surface area (Å²) in [6.45, 7) is 1.81. The first-order valence-electron chi connectivity index (χ1n) is 7.58.